The average Bonchev–Trinajstić information content (AvgIpc) is 3.07. The van der Waals surface area contributed by atoms with E-state index in [1.165, 1.54) is 4.90 Å². The Morgan fingerprint density at radius 3 is 2.70 bits per heavy atom. The number of halogens is 4. The number of nitrogens with one attached hydrogen (secondary N) is 1. The second-order valence-corrected chi connectivity index (χ2v) is 7.85. The summed E-state index contributed by atoms with van der Waals surface area (Å²) in [6.07, 6.45) is -3.48. The molecule has 2 aromatic rings. The molecule has 1 N–H and O–H groups in total. The fourth-order valence-corrected chi connectivity index (χ4v) is 3.90. The Kier molecular flexibility index (Phi) is 4.88. The Labute approximate surface area is 143 Å². The third-order valence-corrected chi connectivity index (χ3v) is 5.16. The molecule has 4 nitrogen and oxygen atoms in total. The number of anilines is 1. The van der Waals surface area contributed by atoms with E-state index in [0.717, 1.165) is 14.4 Å². The molecular formula is C14H14BrF3N4S. The van der Waals surface area contributed by atoms with Crippen molar-refractivity contribution in [3.63, 3.8) is 0 Å². The second kappa shape index (κ2) is 6.74. The van der Waals surface area contributed by atoms with Crippen LogP contribution in [0.1, 0.15) is 6.42 Å². The molecule has 0 amide bonds. The van der Waals surface area contributed by atoms with Crippen LogP contribution in [0.15, 0.2) is 28.1 Å². The van der Waals surface area contributed by atoms with Crippen molar-refractivity contribution >= 4 is 33.1 Å². The summed E-state index contributed by atoms with van der Waals surface area (Å²) in [7, 11) is 0. The van der Waals surface area contributed by atoms with Gasteiger partial charge in [0, 0.05) is 19.1 Å². The monoisotopic (exact) mass is 406 g/mol. The molecule has 0 spiro atoms. The minimum Gasteiger partial charge on any atom is -0.365 e. The summed E-state index contributed by atoms with van der Waals surface area (Å²) >= 11 is 4.97. The third-order valence-electron chi connectivity index (χ3n) is 3.52. The van der Waals surface area contributed by atoms with Crippen LogP contribution < -0.4 is 5.32 Å². The highest BCUT2D eigenvalue weighted by Gasteiger charge is 2.34. The summed E-state index contributed by atoms with van der Waals surface area (Å²) in [6.45, 7) is -0.0597. The SMILES string of the molecule is FC(F)(F)CN1CCC(Nc2ccc(-c3ccc(Br)s3)nn2)C1. The van der Waals surface area contributed by atoms with Crippen molar-refractivity contribution in [2.24, 2.45) is 0 Å². The van der Waals surface area contributed by atoms with Gasteiger partial charge in [-0.15, -0.1) is 21.5 Å². The minimum atomic E-state index is -4.15. The molecular weight excluding hydrogens is 393 g/mol. The van der Waals surface area contributed by atoms with Gasteiger partial charge < -0.3 is 5.32 Å². The second-order valence-electron chi connectivity index (χ2n) is 5.39. The largest absolute Gasteiger partial charge is 0.401 e. The predicted molar refractivity (Wildman–Crippen MR) is 87.6 cm³/mol. The van der Waals surface area contributed by atoms with Gasteiger partial charge in [0.05, 0.1) is 15.2 Å². The van der Waals surface area contributed by atoms with E-state index in [-0.39, 0.29) is 6.04 Å². The van der Waals surface area contributed by atoms with Crippen LogP contribution >= 0.6 is 27.3 Å². The van der Waals surface area contributed by atoms with E-state index in [1.807, 2.05) is 24.3 Å². The van der Waals surface area contributed by atoms with E-state index >= 15 is 0 Å². The first kappa shape index (κ1) is 16.7. The molecule has 1 atom stereocenters. The van der Waals surface area contributed by atoms with E-state index in [4.69, 9.17) is 0 Å². The van der Waals surface area contributed by atoms with Crippen molar-refractivity contribution in [1.29, 1.82) is 0 Å². The molecule has 23 heavy (non-hydrogen) atoms. The molecule has 124 valence electrons. The smallest absolute Gasteiger partial charge is 0.365 e. The molecule has 1 unspecified atom stereocenters. The van der Waals surface area contributed by atoms with Gasteiger partial charge in [-0.3, -0.25) is 4.90 Å². The highest BCUT2D eigenvalue weighted by molar-refractivity contribution is 9.11. The number of hydrogen-bond donors (Lipinski definition) is 1. The van der Waals surface area contributed by atoms with Crippen LogP contribution in [0.5, 0.6) is 0 Å². The van der Waals surface area contributed by atoms with Crippen molar-refractivity contribution in [3.05, 3.63) is 28.1 Å². The number of rotatable bonds is 4. The predicted octanol–water partition coefficient (Wildman–Crippen LogP) is 4.02. The Balaban J connectivity index is 1.57. The lowest BCUT2D eigenvalue weighted by Crippen LogP contribution is -2.34. The summed E-state index contributed by atoms with van der Waals surface area (Å²) in [5.74, 6) is 0.586. The third kappa shape index (κ3) is 4.65. The van der Waals surface area contributed by atoms with Crippen molar-refractivity contribution in [2.75, 3.05) is 25.0 Å². The summed E-state index contributed by atoms with van der Waals surface area (Å²) in [6, 6.07) is 7.53. The molecule has 9 heteroatoms. The van der Waals surface area contributed by atoms with Gasteiger partial charge in [-0.25, -0.2) is 0 Å². The fourth-order valence-electron chi connectivity index (χ4n) is 2.55. The lowest BCUT2D eigenvalue weighted by molar-refractivity contribution is -0.143. The van der Waals surface area contributed by atoms with Crippen LogP contribution in [0.2, 0.25) is 0 Å². The fraction of sp³-hybridized carbons (Fsp3) is 0.429. The maximum absolute atomic E-state index is 12.4. The van der Waals surface area contributed by atoms with Crippen molar-refractivity contribution in [1.82, 2.24) is 15.1 Å². The van der Waals surface area contributed by atoms with Crippen LogP contribution in [-0.4, -0.2) is 46.9 Å². The van der Waals surface area contributed by atoms with E-state index in [2.05, 4.69) is 31.4 Å². The lowest BCUT2D eigenvalue weighted by Gasteiger charge is -2.18. The maximum atomic E-state index is 12.4. The first-order valence-electron chi connectivity index (χ1n) is 7.04. The van der Waals surface area contributed by atoms with E-state index in [0.29, 0.717) is 25.3 Å². The van der Waals surface area contributed by atoms with Gasteiger partial charge in [0.1, 0.15) is 11.5 Å². The van der Waals surface area contributed by atoms with Crippen LogP contribution in [0.25, 0.3) is 10.6 Å². The molecule has 2 aromatic heterocycles. The Bertz CT molecular complexity index is 659. The number of likely N-dealkylation sites (tertiary alicyclic amines) is 1. The Morgan fingerprint density at radius 1 is 1.26 bits per heavy atom. The van der Waals surface area contributed by atoms with Crippen molar-refractivity contribution < 1.29 is 13.2 Å². The molecule has 0 aliphatic carbocycles. The van der Waals surface area contributed by atoms with Gasteiger partial charge in [0.25, 0.3) is 0 Å². The number of aromatic nitrogens is 2. The normalized spacial score (nSPS) is 19.2. The number of thiophene rings is 1. The van der Waals surface area contributed by atoms with Gasteiger partial charge >= 0.3 is 6.18 Å². The number of hydrogen-bond acceptors (Lipinski definition) is 5. The zero-order valence-electron chi connectivity index (χ0n) is 12.0. The molecule has 0 aromatic carbocycles. The Hall–Kier alpha value is -1.19. The molecule has 1 fully saturated rings. The molecule has 3 heterocycles. The topological polar surface area (TPSA) is 41.0 Å². The van der Waals surface area contributed by atoms with Gasteiger partial charge in [0.15, 0.2) is 0 Å². The summed E-state index contributed by atoms with van der Waals surface area (Å²) < 4.78 is 38.2. The lowest BCUT2D eigenvalue weighted by atomic mass is 10.2. The number of nitrogens with zero attached hydrogens (tertiary/aromatic N) is 3. The molecule has 1 aliphatic rings. The zero-order valence-corrected chi connectivity index (χ0v) is 14.4. The summed E-state index contributed by atoms with van der Waals surface area (Å²) in [5.41, 5.74) is 0.774. The van der Waals surface area contributed by atoms with E-state index in [9.17, 15) is 13.2 Å². The summed E-state index contributed by atoms with van der Waals surface area (Å²) in [4.78, 5) is 2.41. The maximum Gasteiger partial charge on any atom is 0.401 e. The molecule has 0 bridgehead atoms. The molecule has 0 saturated carbocycles. The molecule has 1 aliphatic heterocycles. The van der Waals surface area contributed by atoms with Crippen LogP contribution in [0.4, 0.5) is 19.0 Å². The molecule has 3 rings (SSSR count). The Morgan fingerprint density at radius 2 is 2.09 bits per heavy atom. The van der Waals surface area contributed by atoms with E-state index < -0.39 is 12.7 Å². The zero-order chi connectivity index (χ0) is 16.4. The van der Waals surface area contributed by atoms with Crippen LogP contribution in [0.3, 0.4) is 0 Å². The van der Waals surface area contributed by atoms with Gasteiger partial charge in [-0.05, 0) is 46.6 Å². The quantitative estimate of drug-likeness (QED) is 0.832. The van der Waals surface area contributed by atoms with Gasteiger partial charge in [-0.1, -0.05) is 0 Å². The van der Waals surface area contributed by atoms with Crippen LogP contribution in [-0.2, 0) is 0 Å². The first-order chi connectivity index (χ1) is 10.9. The highest BCUT2D eigenvalue weighted by Crippen LogP contribution is 2.30. The number of alkyl halides is 3. The van der Waals surface area contributed by atoms with Gasteiger partial charge in [-0.2, -0.15) is 13.2 Å². The van der Waals surface area contributed by atoms with Crippen LogP contribution in [0, 0.1) is 0 Å². The standard InChI is InChI=1S/C14H14BrF3N4S/c15-12-3-2-11(23-12)10-1-4-13(21-20-10)19-9-5-6-22(7-9)8-14(16,17)18/h1-4,9H,5-8H2,(H,19,21). The van der Waals surface area contributed by atoms with Gasteiger partial charge in [0.2, 0.25) is 0 Å². The first-order valence-corrected chi connectivity index (χ1v) is 8.65. The summed E-state index contributed by atoms with van der Waals surface area (Å²) in [5, 5.41) is 11.4. The molecule has 1 saturated heterocycles. The van der Waals surface area contributed by atoms with Crippen molar-refractivity contribution in [2.45, 2.75) is 18.6 Å². The average molecular weight is 407 g/mol. The highest BCUT2D eigenvalue weighted by atomic mass is 79.9. The van der Waals surface area contributed by atoms with Crippen molar-refractivity contribution in [3.8, 4) is 10.6 Å². The molecule has 0 radical (unpaired) electrons. The minimum absolute atomic E-state index is 0.0339. The van der Waals surface area contributed by atoms with E-state index in [1.54, 1.807) is 11.3 Å².